The van der Waals surface area contributed by atoms with Gasteiger partial charge in [0.25, 0.3) is 0 Å². The Kier molecular flexibility index (Phi) is 2.88. The first-order valence-corrected chi connectivity index (χ1v) is 6.66. The fourth-order valence-corrected chi connectivity index (χ4v) is 3.08. The second kappa shape index (κ2) is 4.38. The van der Waals surface area contributed by atoms with Crippen LogP contribution in [-0.2, 0) is 6.54 Å². The molecule has 1 aromatic heterocycles. The number of nitrogens with two attached hydrogens (primary N) is 1. The Balaban J connectivity index is 1.92. The second-order valence-corrected chi connectivity index (χ2v) is 5.31. The molecule has 3 heterocycles. The van der Waals surface area contributed by atoms with E-state index in [1.807, 2.05) is 0 Å². The zero-order valence-corrected chi connectivity index (χ0v) is 10.5. The third-order valence-electron chi connectivity index (χ3n) is 4.10. The van der Waals surface area contributed by atoms with Crippen molar-refractivity contribution < 1.29 is 0 Å². The van der Waals surface area contributed by atoms with E-state index in [0.29, 0.717) is 6.04 Å². The van der Waals surface area contributed by atoms with Crippen LogP contribution >= 0.6 is 0 Å². The number of hydrogen-bond acceptors (Lipinski definition) is 4. The van der Waals surface area contributed by atoms with Gasteiger partial charge in [0.15, 0.2) is 0 Å². The van der Waals surface area contributed by atoms with Gasteiger partial charge in [-0.15, -0.1) is 10.2 Å². The van der Waals surface area contributed by atoms with Gasteiger partial charge in [-0.3, -0.25) is 4.90 Å². The van der Waals surface area contributed by atoms with Gasteiger partial charge in [0.05, 0.1) is 12.1 Å². The maximum atomic E-state index is 6.09. The Bertz CT molecular complexity index is 400. The molecule has 1 aromatic rings. The minimum absolute atomic E-state index is 0.0823. The molecule has 2 atom stereocenters. The fraction of sp³-hybridized carbons (Fsp3) is 0.833. The highest BCUT2D eigenvalue weighted by atomic mass is 15.3. The van der Waals surface area contributed by atoms with Gasteiger partial charge < -0.3 is 10.3 Å². The van der Waals surface area contributed by atoms with Crippen LogP contribution in [0.2, 0.25) is 0 Å². The summed E-state index contributed by atoms with van der Waals surface area (Å²) in [7, 11) is 2.19. The van der Waals surface area contributed by atoms with Gasteiger partial charge in [-0.05, 0) is 39.3 Å². The van der Waals surface area contributed by atoms with E-state index in [1.54, 1.807) is 0 Å². The van der Waals surface area contributed by atoms with Crippen LogP contribution < -0.4 is 5.73 Å². The normalized spacial score (nSPS) is 30.2. The molecule has 0 spiro atoms. The van der Waals surface area contributed by atoms with E-state index in [-0.39, 0.29) is 6.04 Å². The molecule has 0 radical (unpaired) electrons. The average Bonchev–Trinajstić information content (AvgIpc) is 2.75. The Morgan fingerprint density at radius 3 is 2.71 bits per heavy atom. The molecule has 17 heavy (non-hydrogen) atoms. The molecular weight excluding hydrogens is 214 g/mol. The van der Waals surface area contributed by atoms with Crippen molar-refractivity contribution in [3.8, 4) is 0 Å². The molecule has 0 bridgehead atoms. The van der Waals surface area contributed by atoms with E-state index in [4.69, 9.17) is 5.73 Å². The van der Waals surface area contributed by atoms with Crippen molar-refractivity contribution in [1.29, 1.82) is 0 Å². The third kappa shape index (κ3) is 1.87. The van der Waals surface area contributed by atoms with E-state index >= 15 is 0 Å². The van der Waals surface area contributed by atoms with Gasteiger partial charge in [-0.25, -0.2) is 0 Å². The van der Waals surface area contributed by atoms with Gasteiger partial charge in [0.1, 0.15) is 11.6 Å². The molecule has 2 N–H and O–H groups in total. The number of aromatic nitrogens is 3. The molecule has 5 heteroatoms. The van der Waals surface area contributed by atoms with Crippen LogP contribution in [0.5, 0.6) is 0 Å². The van der Waals surface area contributed by atoms with Crippen LogP contribution in [0, 0.1) is 0 Å². The SMILES string of the molecule is CN1CCCCC1c1nnc2n1CCCC2N. The standard InChI is InChI=1S/C12H21N5/c1-16-7-3-2-6-10(16)12-15-14-11-9(13)5-4-8-17(11)12/h9-10H,2-8,13H2,1H3. The first-order chi connectivity index (χ1) is 8.27. The molecule has 1 fully saturated rings. The zero-order chi connectivity index (χ0) is 11.8. The number of fused-ring (bicyclic) bond motifs is 1. The summed E-state index contributed by atoms with van der Waals surface area (Å²) in [4.78, 5) is 2.40. The largest absolute Gasteiger partial charge is 0.321 e. The topological polar surface area (TPSA) is 60.0 Å². The van der Waals surface area contributed by atoms with Crippen molar-refractivity contribution in [2.75, 3.05) is 13.6 Å². The predicted octanol–water partition coefficient (Wildman–Crippen LogP) is 1.23. The molecule has 2 aliphatic heterocycles. The highest BCUT2D eigenvalue weighted by Gasteiger charge is 2.29. The first-order valence-electron chi connectivity index (χ1n) is 6.66. The van der Waals surface area contributed by atoms with Crippen molar-refractivity contribution in [2.45, 2.75) is 50.7 Å². The molecule has 3 rings (SSSR count). The van der Waals surface area contributed by atoms with E-state index < -0.39 is 0 Å². The molecule has 0 aliphatic carbocycles. The number of rotatable bonds is 1. The van der Waals surface area contributed by atoms with E-state index in [1.165, 1.54) is 25.8 Å². The van der Waals surface area contributed by atoms with E-state index in [9.17, 15) is 0 Å². The molecular formula is C12H21N5. The minimum Gasteiger partial charge on any atom is -0.321 e. The molecule has 2 aliphatic rings. The highest BCUT2D eigenvalue weighted by Crippen LogP contribution is 2.31. The lowest BCUT2D eigenvalue weighted by molar-refractivity contribution is 0.173. The first kappa shape index (κ1) is 11.2. The average molecular weight is 235 g/mol. The van der Waals surface area contributed by atoms with Crippen molar-refractivity contribution in [3.05, 3.63) is 11.6 Å². The summed E-state index contributed by atoms with van der Waals surface area (Å²) in [5, 5.41) is 8.72. The molecule has 0 saturated carbocycles. The molecule has 1 saturated heterocycles. The maximum absolute atomic E-state index is 6.09. The Morgan fingerprint density at radius 2 is 1.88 bits per heavy atom. The van der Waals surface area contributed by atoms with Gasteiger partial charge in [0.2, 0.25) is 0 Å². The summed E-state index contributed by atoms with van der Waals surface area (Å²) in [6, 6.07) is 0.522. The summed E-state index contributed by atoms with van der Waals surface area (Å²) in [5.41, 5.74) is 6.09. The summed E-state index contributed by atoms with van der Waals surface area (Å²) in [6.07, 6.45) is 5.98. The molecule has 0 amide bonds. The number of likely N-dealkylation sites (tertiary alicyclic amines) is 1. The van der Waals surface area contributed by atoms with Crippen molar-refractivity contribution >= 4 is 0 Å². The number of hydrogen-bond donors (Lipinski definition) is 1. The summed E-state index contributed by atoms with van der Waals surface area (Å²) in [6.45, 7) is 2.20. The second-order valence-electron chi connectivity index (χ2n) is 5.31. The van der Waals surface area contributed by atoms with Crippen LogP contribution in [0.1, 0.15) is 55.8 Å². The van der Waals surface area contributed by atoms with E-state index in [0.717, 1.165) is 31.0 Å². The zero-order valence-electron chi connectivity index (χ0n) is 10.5. The molecule has 5 nitrogen and oxygen atoms in total. The maximum Gasteiger partial charge on any atom is 0.150 e. The minimum atomic E-state index is 0.0823. The summed E-state index contributed by atoms with van der Waals surface area (Å²) >= 11 is 0. The van der Waals surface area contributed by atoms with Gasteiger partial charge in [-0.1, -0.05) is 6.42 Å². The predicted molar refractivity (Wildman–Crippen MR) is 65.4 cm³/mol. The van der Waals surface area contributed by atoms with Crippen molar-refractivity contribution in [3.63, 3.8) is 0 Å². The lowest BCUT2D eigenvalue weighted by atomic mass is 10.0. The van der Waals surface area contributed by atoms with Crippen molar-refractivity contribution in [1.82, 2.24) is 19.7 Å². The third-order valence-corrected chi connectivity index (χ3v) is 4.10. The van der Waals surface area contributed by atoms with Gasteiger partial charge in [-0.2, -0.15) is 0 Å². The molecule has 2 unspecified atom stereocenters. The number of nitrogens with zero attached hydrogens (tertiary/aromatic N) is 4. The van der Waals surface area contributed by atoms with Gasteiger partial charge in [0, 0.05) is 6.54 Å². The highest BCUT2D eigenvalue weighted by molar-refractivity contribution is 5.07. The van der Waals surface area contributed by atoms with Crippen LogP contribution in [0.3, 0.4) is 0 Å². The van der Waals surface area contributed by atoms with Crippen LogP contribution in [0.15, 0.2) is 0 Å². The lowest BCUT2D eigenvalue weighted by Crippen LogP contribution is -2.33. The summed E-state index contributed by atoms with van der Waals surface area (Å²) < 4.78 is 2.26. The quantitative estimate of drug-likeness (QED) is 0.795. The van der Waals surface area contributed by atoms with Crippen LogP contribution in [0.25, 0.3) is 0 Å². The fourth-order valence-electron chi connectivity index (χ4n) is 3.08. The van der Waals surface area contributed by atoms with Gasteiger partial charge >= 0.3 is 0 Å². The van der Waals surface area contributed by atoms with Crippen LogP contribution in [0.4, 0.5) is 0 Å². The van der Waals surface area contributed by atoms with E-state index in [2.05, 4.69) is 26.7 Å². The van der Waals surface area contributed by atoms with Crippen molar-refractivity contribution in [2.24, 2.45) is 5.73 Å². The Morgan fingerprint density at radius 1 is 1.06 bits per heavy atom. The monoisotopic (exact) mass is 235 g/mol. The summed E-state index contributed by atoms with van der Waals surface area (Å²) in [5.74, 6) is 2.13. The van der Waals surface area contributed by atoms with Crippen LogP contribution in [-0.4, -0.2) is 33.3 Å². The molecule has 0 aromatic carbocycles. The number of piperidine rings is 1. The lowest BCUT2D eigenvalue weighted by Gasteiger charge is -2.32. The molecule has 94 valence electrons. The Labute approximate surface area is 102 Å². The Hall–Kier alpha value is -0.940. The smallest absolute Gasteiger partial charge is 0.150 e.